The van der Waals surface area contributed by atoms with E-state index in [2.05, 4.69) is 0 Å². The fourth-order valence-corrected chi connectivity index (χ4v) is 4.40. The van der Waals surface area contributed by atoms with Gasteiger partial charge in [-0.1, -0.05) is 48.5 Å². The van der Waals surface area contributed by atoms with E-state index in [0.717, 1.165) is 25.2 Å². The Kier molecular flexibility index (Phi) is 8.71. The van der Waals surface area contributed by atoms with Gasteiger partial charge in [0.1, 0.15) is 28.8 Å². The van der Waals surface area contributed by atoms with Crippen LogP contribution in [0.3, 0.4) is 0 Å². The van der Waals surface area contributed by atoms with Crippen molar-refractivity contribution in [1.29, 1.82) is 5.26 Å². The monoisotopic (exact) mass is 579 g/mol. The molecule has 0 spiro atoms. The van der Waals surface area contributed by atoms with Gasteiger partial charge in [-0.3, -0.25) is 4.90 Å². The van der Waals surface area contributed by atoms with Crippen LogP contribution in [0.4, 0.5) is 18.9 Å². The van der Waals surface area contributed by atoms with Crippen molar-refractivity contribution in [2.24, 2.45) is 5.73 Å². The number of carbonyl (C=O) groups is 2. The fraction of sp³-hybridized carbons (Fsp3) is 0.167. The van der Waals surface area contributed by atoms with Gasteiger partial charge >= 0.3 is 18.1 Å². The summed E-state index contributed by atoms with van der Waals surface area (Å²) in [4.78, 5) is 27.6. The van der Waals surface area contributed by atoms with Crippen LogP contribution < -0.4 is 20.1 Å². The first-order valence-corrected chi connectivity index (χ1v) is 12.3. The minimum absolute atomic E-state index is 0.0104. The summed E-state index contributed by atoms with van der Waals surface area (Å²) in [6.07, 6.45) is -4.66. The SMILES string of the molecule is COC(=O)C1=C(C(=O)OC)N(c2cc(OCC(F)(F)F)cc(Oc3ccccc3)c2)C(N)=C(C#N)C1c1ccccc1. The molecule has 0 saturated carbocycles. The number of allylic oxidation sites excluding steroid dienone is 1. The maximum Gasteiger partial charge on any atom is 0.422 e. The average molecular weight is 580 g/mol. The van der Waals surface area contributed by atoms with E-state index in [0.29, 0.717) is 11.3 Å². The molecule has 0 fully saturated rings. The molecule has 1 aliphatic rings. The minimum atomic E-state index is -4.66. The minimum Gasteiger partial charge on any atom is -0.484 e. The standard InChI is InChI=1S/C30H24F3N3O6/c1-39-28(37)25-24(18-9-5-3-6-10-18)23(16-34)27(35)36(26(25)29(38)40-2)19-13-21(41-17-30(31,32)33)15-22(14-19)42-20-11-7-4-8-12-20/h3-15,24H,17,35H2,1-2H3. The Hall–Kier alpha value is -5.44. The maximum atomic E-state index is 13.3. The number of esters is 2. The summed E-state index contributed by atoms with van der Waals surface area (Å²) in [7, 11) is 2.17. The number of anilines is 1. The largest absolute Gasteiger partial charge is 0.484 e. The number of carbonyl (C=O) groups excluding carboxylic acids is 2. The van der Waals surface area contributed by atoms with Gasteiger partial charge in [-0.05, 0) is 17.7 Å². The summed E-state index contributed by atoms with van der Waals surface area (Å²) in [6, 6.07) is 22.4. The number of alkyl halides is 3. The predicted molar refractivity (Wildman–Crippen MR) is 144 cm³/mol. The third kappa shape index (κ3) is 6.31. The van der Waals surface area contributed by atoms with Crippen LogP contribution in [-0.2, 0) is 19.1 Å². The van der Waals surface area contributed by atoms with Gasteiger partial charge in [0.05, 0.1) is 43.0 Å². The molecule has 1 atom stereocenters. The molecule has 3 aromatic rings. The van der Waals surface area contributed by atoms with Gasteiger partial charge in [-0.25, -0.2) is 9.59 Å². The number of benzene rings is 3. The second-order valence-corrected chi connectivity index (χ2v) is 8.82. The molecular formula is C30H24F3N3O6. The zero-order valence-electron chi connectivity index (χ0n) is 22.3. The number of hydrogen-bond acceptors (Lipinski definition) is 9. The maximum absolute atomic E-state index is 13.3. The summed E-state index contributed by atoms with van der Waals surface area (Å²) in [6.45, 7) is -1.63. The van der Waals surface area contributed by atoms with E-state index in [1.54, 1.807) is 60.7 Å². The Morgan fingerprint density at radius 2 is 1.50 bits per heavy atom. The molecule has 42 heavy (non-hydrogen) atoms. The van der Waals surface area contributed by atoms with Crippen molar-refractivity contribution in [3.8, 4) is 23.3 Å². The van der Waals surface area contributed by atoms with E-state index in [4.69, 9.17) is 24.7 Å². The van der Waals surface area contributed by atoms with Crippen molar-refractivity contribution in [1.82, 2.24) is 0 Å². The number of methoxy groups -OCH3 is 2. The predicted octanol–water partition coefficient (Wildman–Crippen LogP) is 5.32. The van der Waals surface area contributed by atoms with E-state index in [1.807, 2.05) is 6.07 Å². The molecule has 0 aliphatic carbocycles. The first kappa shape index (κ1) is 29.5. The van der Waals surface area contributed by atoms with E-state index in [1.165, 1.54) is 12.1 Å². The lowest BCUT2D eigenvalue weighted by Crippen LogP contribution is -2.40. The lowest BCUT2D eigenvalue weighted by Gasteiger charge is -2.36. The number of nitrogens with two attached hydrogens (primary N) is 1. The average Bonchev–Trinajstić information content (AvgIpc) is 2.99. The van der Waals surface area contributed by atoms with Crippen LogP contribution in [0, 0.1) is 11.3 Å². The highest BCUT2D eigenvalue weighted by Gasteiger charge is 2.43. The molecule has 0 bridgehead atoms. The van der Waals surface area contributed by atoms with E-state index < -0.39 is 36.3 Å². The summed E-state index contributed by atoms with van der Waals surface area (Å²) in [5.74, 6) is -3.33. The highest BCUT2D eigenvalue weighted by molar-refractivity contribution is 6.06. The third-order valence-electron chi connectivity index (χ3n) is 6.11. The number of ether oxygens (including phenoxy) is 4. The number of para-hydroxylation sites is 1. The number of halogens is 3. The molecule has 1 heterocycles. The van der Waals surface area contributed by atoms with Gasteiger partial charge in [0.15, 0.2) is 6.61 Å². The molecule has 1 aliphatic heterocycles. The van der Waals surface area contributed by atoms with Crippen LogP contribution >= 0.6 is 0 Å². The number of nitrogens with zero attached hydrogens (tertiary/aromatic N) is 2. The van der Waals surface area contributed by atoms with Crippen molar-refractivity contribution < 1.29 is 41.7 Å². The van der Waals surface area contributed by atoms with Crippen LogP contribution in [0.15, 0.2) is 102 Å². The second kappa shape index (κ2) is 12.4. The van der Waals surface area contributed by atoms with Crippen LogP contribution in [0.1, 0.15) is 11.5 Å². The summed E-state index contributed by atoms with van der Waals surface area (Å²) < 4.78 is 60.0. The normalized spacial score (nSPS) is 15.1. The van der Waals surface area contributed by atoms with Gasteiger partial charge in [-0.15, -0.1) is 0 Å². The zero-order chi connectivity index (χ0) is 30.4. The number of nitriles is 1. The molecule has 1 unspecified atom stereocenters. The van der Waals surface area contributed by atoms with Gasteiger partial charge in [0.25, 0.3) is 0 Å². The highest BCUT2D eigenvalue weighted by Crippen LogP contribution is 2.44. The Morgan fingerprint density at radius 1 is 0.905 bits per heavy atom. The topological polar surface area (TPSA) is 124 Å². The summed E-state index contributed by atoms with van der Waals surface area (Å²) in [5.41, 5.74) is 6.10. The molecule has 216 valence electrons. The van der Waals surface area contributed by atoms with E-state index in [-0.39, 0.29) is 34.2 Å². The summed E-state index contributed by atoms with van der Waals surface area (Å²) >= 11 is 0. The Labute approximate surface area is 238 Å². The van der Waals surface area contributed by atoms with Crippen molar-refractivity contribution >= 4 is 17.6 Å². The van der Waals surface area contributed by atoms with Crippen molar-refractivity contribution in [2.45, 2.75) is 12.1 Å². The van der Waals surface area contributed by atoms with Gasteiger partial charge in [0.2, 0.25) is 0 Å². The lowest BCUT2D eigenvalue weighted by atomic mass is 9.81. The van der Waals surface area contributed by atoms with Crippen molar-refractivity contribution in [3.63, 3.8) is 0 Å². The summed E-state index contributed by atoms with van der Waals surface area (Å²) in [5, 5.41) is 10.2. The lowest BCUT2D eigenvalue weighted by molar-refractivity contribution is -0.153. The second-order valence-electron chi connectivity index (χ2n) is 8.82. The smallest absolute Gasteiger partial charge is 0.422 e. The Morgan fingerprint density at radius 3 is 2.07 bits per heavy atom. The van der Waals surface area contributed by atoms with E-state index >= 15 is 0 Å². The molecule has 0 saturated heterocycles. The van der Waals surface area contributed by atoms with Crippen molar-refractivity contribution in [2.75, 3.05) is 25.7 Å². The molecule has 0 radical (unpaired) electrons. The molecular weight excluding hydrogens is 555 g/mol. The Bertz CT molecular complexity index is 1580. The quantitative estimate of drug-likeness (QED) is 0.353. The van der Waals surface area contributed by atoms with Crippen LogP contribution in [0.2, 0.25) is 0 Å². The van der Waals surface area contributed by atoms with Crippen LogP contribution in [-0.4, -0.2) is 38.9 Å². The highest BCUT2D eigenvalue weighted by atomic mass is 19.4. The molecule has 0 amide bonds. The van der Waals surface area contributed by atoms with Crippen LogP contribution in [0.5, 0.6) is 17.2 Å². The van der Waals surface area contributed by atoms with Gasteiger partial charge in [-0.2, -0.15) is 18.4 Å². The van der Waals surface area contributed by atoms with E-state index in [9.17, 15) is 28.0 Å². The van der Waals surface area contributed by atoms with Crippen molar-refractivity contribution in [3.05, 3.63) is 107 Å². The Balaban J connectivity index is 1.99. The number of hydrogen-bond donors (Lipinski definition) is 1. The molecule has 4 rings (SSSR count). The van der Waals surface area contributed by atoms with Gasteiger partial charge < -0.3 is 24.7 Å². The molecule has 9 nitrogen and oxygen atoms in total. The molecule has 3 aromatic carbocycles. The van der Waals surface area contributed by atoms with Crippen LogP contribution in [0.25, 0.3) is 0 Å². The molecule has 12 heteroatoms. The number of rotatable bonds is 8. The fourth-order valence-electron chi connectivity index (χ4n) is 4.40. The third-order valence-corrected chi connectivity index (χ3v) is 6.11. The van der Waals surface area contributed by atoms with Gasteiger partial charge in [0, 0.05) is 18.2 Å². The first-order chi connectivity index (χ1) is 20.1. The first-order valence-electron chi connectivity index (χ1n) is 12.3. The molecule has 2 N–H and O–H groups in total. The molecule has 0 aromatic heterocycles. The zero-order valence-corrected chi connectivity index (χ0v) is 22.3.